The molecule has 0 N–H and O–H groups in total. The Bertz CT molecular complexity index is 1370. The lowest BCUT2D eigenvalue weighted by Gasteiger charge is -2.13. The van der Waals surface area contributed by atoms with Crippen LogP contribution in [0.1, 0.15) is 16.1 Å². The molecule has 0 amide bonds. The minimum Gasteiger partial charge on any atom is -0.497 e. The van der Waals surface area contributed by atoms with Gasteiger partial charge in [-0.15, -0.1) is 0 Å². The molecular weight excluding hydrogens is 482 g/mol. The minimum absolute atomic E-state index is 0.0206. The largest absolute Gasteiger partial charge is 0.497 e. The normalized spacial score (nSPS) is 11.5. The molecule has 158 valence electrons. The molecule has 1 heterocycles. The second kappa shape index (κ2) is 8.20. The molecule has 4 rings (SSSR count). The minimum atomic E-state index is -4.04. The van der Waals surface area contributed by atoms with Crippen LogP contribution in [0.2, 0.25) is 0 Å². The summed E-state index contributed by atoms with van der Waals surface area (Å²) < 4.78 is 39.5. The van der Waals surface area contributed by atoms with Crippen molar-refractivity contribution in [1.29, 1.82) is 0 Å². The molecule has 0 saturated carbocycles. The zero-order valence-corrected chi connectivity index (χ0v) is 19.1. The van der Waals surface area contributed by atoms with Crippen LogP contribution in [0.4, 0.5) is 0 Å². The third-order valence-electron chi connectivity index (χ3n) is 4.85. The van der Waals surface area contributed by atoms with E-state index in [0.717, 1.165) is 3.97 Å². The topological polar surface area (TPSA) is 74.6 Å². The summed E-state index contributed by atoms with van der Waals surface area (Å²) in [5, 5.41) is 0.626. The van der Waals surface area contributed by atoms with Gasteiger partial charge in [-0.25, -0.2) is 12.4 Å². The Kier molecular flexibility index (Phi) is 5.60. The number of ketones is 1. The number of methoxy groups -OCH3 is 2. The lowest BCUT2D eigenvalue weighted by Crippen LogP contribution is -2.19. The van der Waals surface area contributed by atoms with Crippen molar-refractivity contribution in [2.75, 3.05) is 14.2 Å². The van der Waals surface area contributed by atoms with Crippen LogP contribution >= 0.6 is 15.9 Å². The van der Waals surface area contributed by atoms with Gasteiger partial charge in [0.1, 0.15) is 17.2 Å². The highest BCUT2D eigenvalue weighted by atomic mass is 79.9. The van der Waals surface area contributed by atoms with Gasteiger partial charge >= 0.3 is 0 Å². The SMILES string of the molecule is COc1cc(OC)cc(C(=O)c2cc3ccc(Br)cc3n2S(=O)(=O)c2ccccc2)c1. The van der Waals surface area contributed by atoms with Gasteiger partial charge in [0.05, 0.1) is 24.6 Å². The van der Waals surface area contributed by atoms with E-state index in [0.29, 0.717) is 26.9 Å². The number of rotatable bonds is 6. The van der Waals surface area contributed by atoms with Crippen LogP contribution < -0.4 is 9.47 Å². The van der Waals surface area contributed by atoms with Crippen molar-refractivity contribution in [3.8, 4) is 11.5 Å². The average Bonchev–Trinajstić information content (AvgIpc) is 3.18. The third-order valence-corrected chi connectivity index (χ3v) is 7.09. The van der Waals surface area contributed by atoms with Crippen LogP contribution in [0.15, 0.2) is 82.2 Å². The zero-order valence-electron chi connectivity index (χ0n) is 16.7. The van der Waals surface area contributed by atoms with E-state index in [2.05, 4.69) is 15.9 Å². The highest BCUT2D eigenvalue weighted by Gasteiger charge is 2.27. The first-order valence-electron chi connectivity index (χ1n) is 9.24. The van der Waals surface area contributed by atoms with Gasteiger partial charge in [0.25, 0.3) is 10.0 Å². The number of hydrogen-bond donors (Lipinski definition) is 0. The Morgan fingerprint density at radius 2 is 1.52 bits per heavy atom. The number of ether oxygens (including phenoxy) is 2. The Morgan fingerprint density at radius 3 is 2.13 bits per heavy atom. The van der Waals surface area contributed by atoms with Crippen LogP contribution in [0, 0.1) is 0 Å². The molecule has 0 fully saturated rings. The molecule has 0 aliphatic heterocycles. The molecule has 31 heavy (non-hydrogen) atoms. The molecule has 1 aromatic heterocycles. The third kappa shape index (κ3) is 3.84. The van der Waals surface area contributed by atoms with Crippen molar-refractivity contribution in [3.63, 3.8) is 0 Å². The van der Waals surface area contributed by atoms with Crippen molar-refractivity contribution in [2.24, 2.45) is 0 Å². The summed E-state index contributed by atoms with van der Waals surface area (Å²) in [4.78, 5) is 13.6. The van der Waals surface area contributed by atoms with Crippen LogP contribution in [0.5, 0.6) is 11.5 Å². The van der Waals surface area contributed by atoms with E-state index in [1.54, 1.807) is 60.7 Å². The van der Waals surface area contributed by atoms with Crippen molar-refractivity contribution in [3.05, 3.63) is 88.5 Å². The number of benzene rings is 3. The van der Waals surface area contributed by atoms with Gasteiger partial charge in [-0.05, 0) is 42.5 Å². The monoisotopic (exact) mass is 499 g/mol. The zero-order chi connectivity index (χ0) is 22.2. The van der Waals surface area contributed by atoms with Crippen LogP contribution in [0.25, 0.3) is 10.9 Å². The molecule has 3 aromatic carbocycles. The smallest absolute Gasteiger partial charge is 0.268 e. The molecule has 0 aliphatic carbocycles. The van der Waals surface area contributed by atoms with Gasteiger partial charge in [0.2, 0.25) is 5.78 Å². The molecule has 0 bridgehead atoms. The van der Waals surface area contributed by atoms with Crippen LogP contribution in [-0.2, 0) is 10.0 Å². The molecule has 0 aliphatic rings. The highest BCUT2D eigenvalue weighted by Crippen LogP contribution is 2.31. The first-order valence-corrected chi connectivity index (χ1v) is 11.5. The van der Waals surface area contributed by atoms with E-state index >= 15 is 0 Å². The summed E-state index contributed by atoms with van der Waals surface area (Å²) in [5.41, 5.74) is 0.672. The summed E-state index contributed by atoms with van der Waals surface area (Å²) in [6.07, 6.45) is 0. The maximum Gasteiger partial charge on any atom is 0.268 e. The second-order valence-corrected chi connectivity index (χ2v) is 9.45. The van der Waals surface area contributed by atoms with E-state index in [9.17, 15) is 13.2 Å². The van der Waals surface area contributed by atoms with Crippen LogP contribution in [0.3, 0.4) is 0 Å². The molecule has 0 atom stereocenters. The molecule has 0 saturated heterocycles. The van der Waals surface area contributed by atoms with Crippen molar-refractivity contribution in [1.82, 2.24) is 3.97 Å². The van der Waals surface area contributed by atoms with Gasteiger partial charge in [0, 0.05) is 21.5 Å². The lowest BCUT2D eigenvalue weighted by atomic mass is 10.1. The quantitative estimate of drug-likeness (QED) is 0.353. The number of hydrogen-bond acceptors (Lipinski definition) is 5. The van der Waals surface area contributed by atoms with Crippen molar-refractivity contribution < 1.29 is 22.7 Å². The first kappa shape index (κ1) is 21.1. The fraction of sp³-hybridized carbons (Fsp3) is 0.0870. The summed E-state index contributed by atoms with van der Waals surface area (Å²) in [7, 11) is -1.07. The first-order chi connectivity index (χ1) is 14.8. The van der Waals surface area contributed by atoms with E-state index in [4.69, 9.17) is 9.47 Å². The van der Waals surface area contributed by atoms with Gasteiger partial charge in [-0.3, -0.25) is 4.79 Å². The number of carbonyl (C=O) groups excluding carboxylic acids is 1. The molecule has 4 aromatic rings. The van der Waals surface area contributed by atoms with E-state index < -0.39 is 15.8 Å². The van der Waals surface area contributed by atoms with Crippen molar-refractivity contribution >= 4 is 42.6 Å². The van der Waals surface area contributed by atoms with E-state index in [1.807, 2.05) is 0 Å². The molecule has 0 radical (unpaired) electrons. The molecule has 0 spiro atoms. The number of nitrogens with zero attached hydrogens (tertiary/aromatic N) is 1. The summed E-state index contributed by atoms with van der Waals surface area (Å²) in [5.74, 6) is 0.391. The Hall–Kier alpha value is -3.10. The predicted octanol–water partition coefficient (Wildman–Crippen LogP) is 4.89. The molecule has 8 heteroatoms. The maximum absolute atomic E-state index is 13.6. The van der Waals surface area contributed by atoms with Gasteiger partial charge < -0.3 is 9.47 Å². The number of halogens is 1. The fourth-order valence-corrected chi connectivity index (χ4v) is 5.22. The van der Waals surface area contributed by atoms with E-state index in [1.165, 1.54) is 26.4 Å². The maximum atomic E-state index is 13.6. The Labute approximate surface area is 188 Å². The summed E-state index contributed by atoms with van der Waals surface area (Å²) >= 11 is 3.39. The fourth-order valence-electron chi connectivity index (χ4n) is 3.35. The average molecular weight is 500 g/mol. The lowest BCUT2D eigenvalue weighted by molar-refractivity contribution is 0.103. The Balaban J connectivity index is 2.00. The van der Waals surface area contributed by atoms with Crippen molar-refractivity contribution in [2.45, 2.75) is 4.90 Å². The summed E-state index contributed by atoms with van der Waals surface area (Å²) in [6.45, 7) is 0. The van der Waals surface area contributed by atoms with E-state index in [-0.39, 0.29) is 16.2 Å². The second-order valence-electron chi connectivity index (χ2n) is 6.75. The number of carbonyl (C=O) groups is 1. The molecular formula is C23H18BrNO5S. The number of aromatic nitrogens is 1. The Morgan fingerprint density at radius 1 is 0.871 bits per heavy atom. The van der Waals surface area contributed by atoms with Gasteiger partial charge in [-0.1, -0.05) is 40.2 Å². The van der Waals surface area contributed by atoms with Gasteiger partial charge in [-0.2, -0.15) is 0 Å². The molecule has 0 unspecified atom stereocenters. The number of fused-ring (bicyclic) bond motifs is 1. The summed E-state index contributed by atoms with van der Waals surface area (Å²) in [6, 6.07) is 19.6. The standard InChI is InChI=1S/C23H18BrNO5S/c1-29-18-10-16(11-19(14-18)30-2)23(26)22-12-15-8-9-17(24)13-21(15)25(22)31(27,28)20-6-4-3-5-7-20/h3-14H,1-2H3. The predicted molar refractivity (Wildman–Crippen MR) is 122 cm³/mol. The highest BCUT2D eigenvalue weighted by molar-refractivity contribution is 9.10. The molecule has 6 nitrogen and oxygen atoms in total. The van der Waals surface area contributed by atoms with Gasteiger partial charge in [0.15, 0.2) is 0 Å². The van der Waals surface area contributed by atoms with Crippen LogP contribution in [-0.4, -0.2) is 32.4 Å².